The zero-order chi connectivity index (χ0) is 23.7. The Morgan fingerprint density at radius 1 is 1.25 bits per heavy atom. The number of nitrogens with one attached hydrogen (secondary N) is 1. The number of rotatable bonds is 7. The summed E-state index contributed by atoms with van der Waals surface area (Å²) in [5.74, 6) is 2.06. The van der Waals surface area contributed by atoms with Crippen molar-refractivity contribution >= 4 is 0 Å². The molecule has 4 nitrogen and oxygen atoms in total. The number of allylic oxidation sites excluding steroid dienone is 3. The highest BCUT2D eigenvalue weighted by Crippen LogP contribution is 2.60. The van der Waals surface area contributed by atoms with Crippen molar-refractivity contribution in [2.45, 2.75) is 109 Å². The summed E-state index contributed by atoms with van der Waals surface area (Å²) in [6, 6.07) is -0.348. The average molecular weight is 446 g/mol. The maximum atomic E-state index is 10.5. The van der Waals surface area contributed by atoms with Crippen LogP contribution in [0.25, 0.3) is 0 Å². The van der Waals surface area contributed by atoms with Crippen molar-refractivity contribution in [1.82, 2.24) is 5.32 Å². The molecule has 4 heteroatoms. The molecule has 3 aliphatic rings. The van der Waals surface area contributed by atoms with E-state index < -0.39 is 17.8 Å². The van der Waals surface area contributed by atoms with E-state index in [9.17, 15) is 15.3 Å². The smallest absolute Gasteiger partial charge is 0.0965 e. The third-order valence-corrected chi connectivity index (χ3v) is 8.96. The van der Waals surface area contributed by atoms with Gasteiger partial charge in [-0.1, -0.05) is 51.0 Å². The van der Waals surface area contributed by atoms with E-state index in [1.807, 2.05) is 13.8 Å². The Morgan fingerprint density at radius 3 is 2.62 bits per heavy atom. The molecule has 0 aromatic carbocycles. The summed E-state index contributed by atoms with van der Waals surface area (Å²) in [5.41, 5.74) is 3.05. The number of aliphatic hydroxyl groups is 3. The molecule has 3 rings (SSSR count). The van der Waals surface area contributed by atoms with Crippen LogP contribution in [0.1, 0.15) is 85.5 Å². The minimum Gasteiger partial charge on any atom is -0.391 e. The van der Waals surface area contributed by atoms with Gasteiger partial charge in [-0.3, -0.25) is 0 Å². The number of hydrogen-bond acceptors (Lipinski definition) is 4. The van der Waals surface area contributed by atoms with Crippen LogP contribution in [-0.2, 0) is 0 Å². The monoisotopic (exact) mass is 445 g/mol. The lowest BCUT2D eigenvalue weighted by molar-refractivity contribution is 0.0470. The Balaban J connectivity index is 1.71. The van der Waals surface area contributed by atoms with Crippen LogP contribution in [0.4, 0.5) is 0 Å². The first-order valence-corrected chi connectivity index (χ1v) is 12.8. The molecule has 0 heterocycles. The van der Waals surface area contributed by atoms with Gasteiger partial charge in [0, 0.05) is 6.42 Å². The molecule has 0 aromatic rings. The highest BCUT2D eigenvalue weighted by atomic mass is 16.3. The van der Waals surface area contributed by atoms with Gasteiger partial charge in [-0.25, -0.2) is 0 Å². The summed E-state index contributed by atoms with van der Waals surface area (Å²) in [6.07, 6.45) is 13.0. The highest BCUT2D eigenvalue weighted by Gasteiger charge is 2.50. The minimum atomic E-state index is -0.745. The van der Waals surface area contributed by atoms with Crippen molar-refractivity contribution in [3.05, 3.63) is 35.5 Å². The van der Waals surface area contributed by atoms with Crippen LogP contribution in [0.5, 0.6) is 0 Å². The van der Waals surface area contributed by atoms with Crippen molar-refractivity contribution in [2.75, 3.05) is 7.05 Å². The molecule has 182 valence electrons. The molecule has 3 fully saturated rings. The van der Waals surface area contributed by atoms with Crippen molar-refractivity contribution in [1.29, 1.82) is 0 Å². The maximum Gasteiger partial charge on any atom is 0.0965 e. The Bertz CT molecular complexity index is 733. The van der Waals surface area contributed by atoms with Crippen molar-refractivity contribution in [3.63, 3.8) is 0 Å². The van der Waals surface area contributed by atoms with Gasteiger partial charge in [0.25, 0.3) is 0 Å². The predicted molar refractivity (Wildman–Crippen MR) is 132 cm³/mol. The second-order valence-corrected chi connectivity index (χ2v) is 11.8. The first-order valence-electron chi connectivity index (χ1n) is 12.8. The first-order chi connectivity index (χ1) is 15.0. The van der Waals surface area contributed by atoms with Crippen LogP contribution in [-0.4, -0.2) is 46.2 Å². The molecule has 7 atom stereocenters. The standard InChI is InChI=1S/C28H47NO3/c1-18(9-7-15-27(3,4)32)22-13-14-23-20(10-8-16-28(22,23)5)11-12-21-17-24(30)25(29-6)26(31)19(21)2/h11-12,18,22-26,29-32H,2,7-10,13-17H2,1,3-6H3/b20-11+,21-12-/t18-,22-,23+,24-,25+,26-,28-/m1/s1. The minimum absolute atomic E-state index is 0.348. The number of aliphatic hydroxyl groups excluding tert-OH is 2. The maximum absolute atomic E-state index is 10.5. The molecule has 0 aliphatic heterocycles. The summed E-state index contributed by atoms with van der Waals surface area (Å²) in [5, 5.41) is 34.0. The van der Waals surface area contributed by atoms with Gasteiger partial charge in [0.2, 0.25) is 0 Å². The van der Waals surface area contributed by atoms with Crippen LogP contribution >= 0.6 is 0 Å². The van der Waals surface area contributed by atoms with Gasteiger partial charge >= 0.3 is 0 Å². The molecule has 0 saturated heterocycles. The van der Waals surface area contributed by atoms with Crippen LogP contribution in [0.2, 0.25) is 0 Å². The van der Waals surface area contributed by atoms with E-state index in [0.29, 0.717) is 23.7 Å². The second kappa shape index (κ2) is 10.1. The molecule has 3 saturated carbocycles. The Kier molecular flexibility index (Phi) is 8.13. The molecular weight excluding hydrogens is 398 g/mol. The lowest BCUT2D eigenvalue weighted by Gasteiger charge is -2.44. The number of likely N-dealkylation sites (N-methyl/N-ethyl adjacent to an activating group) is 1. The van der Waals surface area contributed by atoms with Crippen LogP contribution in [0.3, 0.4) is 0 Å². The van der Waals surface area contributed by atoms with E-state index in [1.54, 1.807) is 12.6 Å². The summed E-state index contributed by atoms with van der Waals surface area (Å²) >= 11 is 0. The molecule has 0 bridgehead atoms. The highest BCUT2D eigenvalue weighted by molar-refractivity contribution is 5.40. The Morgan fingerprint density at radius 2 is 1.97 bits per heavy atom. The van der Waals surface area contributed by atoms with Crippen LogP contribution in [0.15, 0.2) is 35.5 Å². The molecular formula is C28H47NO3. The Hall–Kier alpha value is -0.940. The van der Waals surface area contributed by atoms with E-state index in [2.05, 4.69) is 37.9 Å². The van der Waals surface area contributed by atoms with Gasteiger partial charge in [0.1, 0.15) is 0 Å². The van der Waals surface area contributed by atoms with E-state index in [-0.39, 0.29) is 6.04 Å². The molecule has 0 radical (unpaired) electrons. The lowest BCUT2D eigenvalue weighted by atomic mass is 9.60. The fourth-order valence-electron chi connectivity index (χ4n) is 7.11. The molecule has 4 N–H and O–H groups in total. The zero-order valence-electron chi connectivity index (χ0n) is 21.0. The molecule has 32 heavy (non-hydrogen) atoms. The normalized spacial score (nSPS) is 39.5. The van der Waals surface area contributed by atoms with Crippen molar-refractivity contribution in [2.24, 2.45) is 23.2 Å². The summed E-state index contributed by atoms with van der Waals surface area (Å²) in [4.78, 5) is 0. The van der Waals surface area contributed by atoms with Gasteiger partial charge in [0.05, 0.1) is 23.9 Å². The van der Waals surface area contributed by atoms with E-state index in [0.717, 1.165) is 36.3 Å². The second-order valence-electron chi connectivity index (χ2n) is 11.8. The predicted octanol–water partition coefficient (Wildman–Crippen LogP) is 4.90. The SMILES string of the molecule is C=C1/C(=C\C=C2/CCC[C@]3(C)[C@@H]([C@H](C)CCCC(C)(C)O)CC[C@@H]23)C[C@@H](O)[C@H](NC)[C@@H]1O. The van der Waals surface area contributed by atoms with Gasteiger partial charge in [-0.05, 0) is 93.7 Å². The molecule has 0 unspecified atom stereocenters. The van der Waals surface area contributed by atoms with Crippen molar-refractivity contribution in [3.8, 4) is 0 Å². The summed E-state index contributed by atoms with van der Waals surface area (Å²) < 4.78 is 0. The van der Waals surface area contributed by atoms with Crippen LogP contribution < -0.4 is 5.32 Å². The average Bonchev–Trinajstić information content (AvgIpc) is 3.06. The largest absolute Gasteiger partial charge is 0.391 e. The molecule has 3 aliphatic carbocycles. The molecule has 0 amide bonds. The molecule has 0 spiro atoms. The third-order valence-electron chi connectivity index (χ3n) is 8.96. The van der Waals surface area contributed by atoms with Crippen molar-refractivity contribution < 1.29 is 15.3 Å². The van der Waals surface area contributed by atoms with Gasteiger partial charge in [0.15, 0.2) is 0 Å². The lowest BCUT2D eigenvalue weighted by Crippen LogP contribution is -2.51. The first kappa shape index (κ1) is 25.7. The third kappa shape index (κ3) is 5.41. The van der Waals surface area contributed by atoms with Gasteiger partial charge in [-0.2, -0.15) is 0 Å². The number of fused-ring (bicyclic) bond motifs is 1. The van der Waals surface area contributed by atoms with Gasteiger partial charge < -0.3 is 20.6 Å². The topological polar surface area (TPSA) is 72.7 Å². The quantitative estimate of drug-likeness (QED) is 0.450. The fourth-order valence-corrected chi connectivity index (χ4v) is 7.11. The molecule has 0 aromatic heterocycles. The zero-order valence-corrected chi connectivity index (χ0v) is 21.0. The van der Waals surface area contributed by atoms with E-state index in [1.165, 1.54) is 32.1 Å². The number of hydrogen-bond donors (Lipinski definition) is 4. The summed E-state index contributed by atoms with van der Waals surface area (Å²) in [6.45, 7) is 12.9. The van der Waals surface area contributed by atoms with Gasteiger partial charge in [-0.15, -0.1) is 0 Å². The fraction of sp³-hybridized carbons (Fsp3) is 0.786. The Labute approximate surface area is 195 Å². The van der Waals surface area contributed by atoms with E-state index in [4.69, 9.17) is 0 Å². The van der Waals surface area contributed by atoms with Crippen LogP contribution in [0, 0.1) is 23.2 Å². The van der Waals surface area contributed by atoms with E-state index >= 15 is 0 Å². The summed E-state index contributed by atoms with van der Waals surface area (Å²) in [7, 11) is 1.77.